The molecule has 0 saturated carbocycles. The van der Waals surface area contributed by atoms with Crippen LogP contribution in [0.5, 0.6) is 0 Å². The first-order chi connectivity index (χ1) is 21.3. The highest BCUT2D eigenvalue weighted by Crippen LogP contribution is 2.30. The molecule has 0 amide bonds. The third kappa shape index (κ3) is 7.85. The Morgan fingerprint density at radius 3 is 2.25 bits per heavy atom. The fourth-order valence-corrected chi connectivity index (χ4v) is 5.96. The second kappa shape index (κ2) is 15.5. The quantitative estimate of drug-likeness (QED) is 0.173. The van der Waals surface area contributed by atoms with Crippen LogP contribution in [0.2, 0.25) is 0 Å². The SMILES string of the molecule is CC.CC(C)CN(Cc1ccccc1-c1ccccc1)[C@@H]1C[C@@H](C#N)N(Cc2ccccc2C(=O)c2ccc(F)cc2F)C1. The number of hydrogen-bond acceptors (Lipinski definition) is 4. The summed E-state index contributed by atoms with van der Waals surface area (Å²) in [6.45, 7) is 11.1. The topological polar surface area (TPSA) is 47.3 Å². The number of likely N-dealkylation sites (tertiary alicyclic amines) is 1. The summed E-state index contributed by atoms with van der Waals surface area (Å²) in [7, 11) is 0. The van der Waals surface area contributed by atoms with E-state index in [2.05, 4.69) is 78.2 Å². The first kappa shape index (κ1) is 32.7. The lowest BCUT2D eigenvalue weighted by Gasteiger charge is -2.31. The smallest absolute Gasteiger partial charge is 0.196 e. The standard InChI is InChI=1S/C36H35F2N3O.C2H6/c1-25(2)21-40(22-27-12-6-8-14-32(27)26-10-4-3-5-11-26)31-19-30(20-39)41(24-31)23-28-13-7-9-15-33(28)36(42)34-17-16-29(37)18-35(34)38;1-2/h3-18,25,30-31H,19,21-24H2,1-2H3;1-2H3/t30-,31+;/m0./s1. The second-order valence-corrected chi connectivity index (χ2v) is 11.4. The van der Waals surface area contributed by atoms with Crippen LogP contribution in [0, 0.1) is 28.9 Å². The van der Waals surface area contributed by atoms with E-state index in [9.17, 15) is 18.8 Å². The number of ketones is 1. The molecule has 0 N–H and O–H groups in total. The van der Waals surface area contributed by atoms with E-state index < -0.39 is 17.4 Å². The maximum Gasteiger partial charge on any atom is 0.196 e. The van der Waals surface area contributed by atoms with Crippen LogP contribution >= 0.6 is 0 Å². The third-order valence-electron chi connectivity index (χ3n) is 7.93. The molecule has 0 spiro atoms. The van der Waals surface area contributed by atoms with E-state index in [1.165, 1.54) is 22.8 Å². The average Bonchev–Trinajstić information content (AvgIpc) is 3.45. The van der Waals surface area contributed by atoms with Crippen LogP contribution in [0.3, 0.4) is 0 Å². The Bertz CT molecular complexity index is 1580. The zero-order valence-electron chi connectivity index (χ0n) is 26.0. The van der Waals surface area contributed by atoms with Gasteiger partial charge >= 0.3 is 0 Å². The van der Waals surface area contributed by atoms with Crippen molar-refractivity contribution in [3.05, 3.63) is 131 Å². The first-order valence-corrected chi connectivity index (χ1v) is 15.4. The summed E-state index contributed by atoms with van der Waals surface area (Å²) in [4.78, 5) is 17.9. The van der Waals surface area contributed by atoms with Crippen molar-refractivity contribution in [2.45, 2.75) is 59.3 Å². The van der Waals surface area contributed by atoms with Crippen molar-refractivity contribution >= 4 is 5.78 Å². The fourth-order valence-electron chi connectivity index (χ4n) is 5.96. The van der Waals surface area contributed by atoms with E-state index in [-0.39, 0.29) is 17.6 Å². The van der Waals surface area contributed by atoms with Gasteiger partial charge in [-0.1, -0.05) is 107 Å². The molecule has 4 aromatic carbocycles. The summed E-state index contributed by atoms with van der Waals surface area (Å²) in [5.74, 6) is -1.67. The number of carbonyl (C=O) groups is 1. The van der Waals surface area contributed by atoms with E-state index in [0.29, 0.717) is 31.0 Å². The van der Waals surface area contributed by atoms with Crippen LogP contribution in [0.15, 0.2) is 97.1 Å². The molecule has 5 rings (SSSR count). The molecule has 4 aromatic rings. The summed E-state index contributed by atoms with van der Waals surface area (Å²) in [5.41, 5.74) is 4.54. The van der Waals surface area contributed by atoms with Gasteiger partial charge in [-0.2, -0.15) is 5.26 Å². The molecule has 0 unspecified atom stereocenters. The molecule has 1 saturated heterocycles. The Labute approximate surface area is 260 Å². The fraction of sp³-hybridized carbons (Fsp3) is 0.316. The van der Waals surface area contributed by atoms with E-state index in [1.807, 2.05) is 32.0 Å². The second-order valence-electron chi connectivity index (χ2n) is 11.4. The molecule has 2 atom stereocenters. The molecule has 4 nitrogen and oxygen atoms in total. The van der Waals surface area contributed by atoms with E-state index in [4.69, 9.17) is 0 Å². The minimum absolute atomic E-state index is 0.151. The van der Waals surface area contributed by atoms with Gasteiger partial charge in [-0.3, -0.25) is 14.6 Å². The van der Waals surface area contributed by atoms with Gasteiger partial charge in [-0.15, -0.1) is 0 Å². The van der Waals surface area contributed by atoms with Gasteiger partial charge in [0.15, 0.2) is 5.78 Å². The third-order valence-corrected chi connectivity index (χ3v) is 7.93. The normalized spacial score (nSPS) is 16.4. The number of nitrogens with zero attached hydrogens (tertiary/aromatic N) is 3. The number of benzene rings is 4. The van der Waals surface area contributed by atoms with Gasteiger partial charge in [0.1, 0.15) is 11.6 Å². The Hall–Kier alpha value is -4.18. The van der Waals surface area contributed by atoms with E-state index in [0.717, 1.165) is 30.8 Å². The highest BCUT2D eigenvalue weighted by molar-refractivity contribution is 6.10. The van der Waals surface area contributed by atoms with Gasteiger partial charge in [0.05, 0.1) is 17.7 Å². The molecule has 6 heteroatoms. The van der Waals surface area contributed by atoms with Crippen LogP contribution in [0.25, 0.3) is 11.1 Å². The summed E-state index contributed by atoms with van der Waals surface area (Å²) < 4.78 is 28.0. The molecular formula is C38H41F2N3O. The molecule has 1 aliphatic rings. The zero-order valence-corrected chi connectivity index (χ0v) is 26.0. The van der Waals surface area contributed by atoms with E-state index >= 15 is 0 Å². The summed E-state index contributed by atoms with van der Waals surface area (Å²) in [5, 5.41) is 10.1. The van der Waals surface area contributed by atoms with Crippen LogP contribution < -0.4 is 0 Å². The van der Waals surface area contributed by atoms with Gasteiger partial charge in [-0.25, -0.2) is 8.78 Å². The molecule has 0 radical (unpaired) electrons. The summed E-state index contributed by atoms with van der Waals surface area (Å²) in [6.07, 6.45) is 0.694. The summed E-state index contributed by atoms with van der Waals surface area (Å²) >= 11 is 0. The minimum Gasteiger partial charge on any atom is -0.294 e. The Balaban J connectivity index is 0.00000216. The molecule has 1 heterocycles. The lowest BCUT2D eigenvalue weighted by molar-refractivity contribution is 0.103. The Morgan fingerprint density at radius 1 is 0.909 bits per heavy atom. The molecule has 44 heavy (non-hydrogen) atoms. The number of hydrogen-bond donors (Lipinski definition) is 0. The van der Waals surface area contributed by atoms with Gasteiger partial charge in [0.25, 0.3) is 0 Å². The Kier molecular flexibility index (Phi) is 11.5. The van der Waals surface area contributed by atoms with Crippen LogP contribution in [-0.2, 0) is 13.1 Å². The minimum atomic E-state index is -0.883. The molecule has 0 aliphatic carbocycles. The molecule has 0 bridgehead atoms. The van der Waals surface area contributed by atoms with E-state index in [1.54, 1.807) is 12.1 Å². The molecule has 228 valence electrons. The van der Waals surface area contributed by atoms with Crippen molar-refractivity contribution in [3.63, 3.8) is 0 Å². The van der Waals surface area contributed by atoms with Crippen molar-refractivity contribution in [3.8, 4) is 17.2 Å². The predicted molar refractivity (Wildman–Crippen MR) is 173 cm³/mol. The zero-order chi connectivity index (χ0) is 31.6. The maximum atomic E-state index is 14.5. The lowest BCUT2D eigenvalue weighted by Crippen LogP contribution is -2.39. The van der Waals surface area contributed by atoms with Crippen molar-refractivity contribution in [1.29, 1.82) is 5.26 Å². The van der Waals surface area contributed by atoms with Gasteiger partial charge in [0, 0.05) is 43.9 Å². The molecular weight excluding hydrogens is 552 g/mol. The van der Waals surface area contributed by atoms with Gasteiger partial charge in [-0.05, 0) is 46.7 Å². The monoisotopic (exact) mass is 593 g/mol. The molecule has 0 aromatic heterocycles. The predicted octanol–water partition coefficient (Wildman–Crippen LogP) is 8.51. The average molecular weight is 594 g/mol. The van der Waals surface area contributed by atoms with Gasteiger partial charge < -0.3 is 0 Å². The van der Waals surface area contributed by atoms with Crippen LogP contribution in [0.1, 0.15) is 61.2 Å². The molecule has 1 fully saturated rings. The van der Waals surface area contributed by atoms with Crippen LogP contribution in [-0.4, -0.2) is 40.8 Å². The highest BCUT2D eigenvalue weighted by atomic mass is 19.1. The van der Waals surface area contributed by atoms with Crippen molar-refractivity contribution in [2.24, 2.45) is 5.92 Å². The molecule has 1 aliphatic heterocycles. The van der Waals surface area contributed by atoms with Crippen molar-refractivity contribution < 1.29 is 13.6 Å². The highest BCUT2D eigenvalue weighted by Gasteiger charge is 2.36. The number of halogens is 2. The number of carbonyl (C=O) groups excluding carboxylic acids is 1. The maximum absolute atomic E-state index is 14.5. The lowest BCUT2D eigenvalue weighted by atomic mass is 9.97. The van der Waals surface area contributed by atoms with Crippen LogP contribution in [0.4, 0.5) is 8.78 Å². The first-order valence-electron chi connectivity index (χ1n) is 15.4. The summed E-state index contributed by atoms with van der Waals surface area (Å²) in [6, 6.07) is 31.3. The van der Waals surface area contributed by atoms with Gasteiger partial charge in [0.2, 0.25) is 0 Å². The number of rotatable bonds is 10. The van der Waals surface area contributed by atoms with Crippen molar-refractivity contribution in [2.75, 3.05) is 13.1 Å². The Morgan fingerprint density at radius 2 is 1.57 bits per heavy atom. The van der Waals surface area contributed by atoms with Crippen molar-refractivity contribution in [1.82, 2.24) is 9.80 Å². The number of nitriles is 1. The largest absolute Gasteiger partial charge is 0.294 e.